The Morgan fingerprint density at radius 1 is 1.15 bits per heavy atom. The van der Waals surface area contributed by atoms with E-state index < -0.39 is 12.1 Å². The number of aliphatic carboxylic acids is 1. The number of rotatable bonds is 17. The van der Waals surface area contributed by atoms with E-state index in [1.54, 1.807) is 0 Å². The van der Waals surface area contributed by atoms with Gasteiger partial charge in [-0.25, -0.2) is 5.10 Å². The summed E-state index contributed by atoms with van der Waals surface area (Å²) in [4.78, 5) is 10.9. The van der Waals surface area contributed by atoms with E-state index in [9.17, 15) is 9.90 Å². The molecule has 8 heteroatoms. The minimum atomic E-state index is -0.839. The summed E-state index contributed by atoms with van der Waals surface area (Å²) in [5.74, 6) is 0.117. The summed E-state index contributed by atoms with van der Waals surface area (Å²) < 4.78 is 0. The molecule has 0 saturated heterocycles. The van der Waals surface area contributed by atoms with Crippen molar-refractivity contribution in [3.63, 3.8) is 0 Å². The molecular formula is C25H36N4O3S. The summed E-state index contributed by atoms with van der Waals surface area (Å²) in [5.41, 5.74) is 1.51. The molecule has 0 aliphatic rings. The minimum absolute atomic E-state index is 0.0552. The van der Waals surface area contributed by atoms with Crippen LogP contribution in [0.3, 0.4) is 0 Å². The van der Waals surface area contributed by atoms with Crippen molar-refractivity contribution in [2.45, 2.75) is 76.1 Å². The second-order valence-corrected chi connectivity index (χ2v) is 9.31. The highest BCUT2D eigenvalue weighted by Gasteiger charge is 2.20. The van der Waals surface area contributed by atoms with E-state index in [-0.39, 0.29) is 11.7 Å². The van der Waals surface area contributed by atoms with Gasteiger partial charge < -0.3 is 10.2 Å². The van der Waals surface area contributed by atoms with Crippen molar-refractivity contribution in [2.75, 3.05) is 5.75 Å². The zero-order chi connectivity index (χ0) is 23.7. The van der Waals surface area contributed by atoms with Crippen LogP contribution < -0.4 is 0 Å². The van der Waals surface area contributed by atoms with Crippen LogP contribution in [-0.2, 0) is 4.79 Å². The fourth-order valence-electron chi connectivity index (χ4n) is 3.44. The van der Waals surface area contributed by atoms with Gasteiger partial charge in [0.1, 0.15) is 0 Å². The lowest BCUT2D eigenvalue weighted by Gasteiger charge is -2.20. The Morgan fingerprint density at radius 3 is 2.67 bits per heavy atom. The van der Waals surface area contributed by atoms with Gasteiger partial charge >= 0.3 is 5.97 Å². The zero-order valence-electron chi connectivity index (χ0n) is 19.4. The molecule has 2 aromatic rings. The predicted octanol–water partition coefficient (Wildman–Crippen LogP) is 5.73. The molecule has 0 amide bonds. The molecule has 0 aliphatic carbocycles. The summed E-state index contributed by atoms with van der Waals surface area (Å²) in [6, 6.07) is 7.42. The first-order valence-electron chi connectivity index (χ1n) is 11.8. The van der Waals surface area contributed by atoms with Crippen molar-refractivity contribution >= 4 is 17.7 Å². The van der Waals surface area contributed by atoms with Crippen LogP contribution in [0, 0.1) is 0 Å². The zero-order valence-corrected chi connectivity index (χ0v) is 20.2. The van der Waals surface area contributed by atoms with Crippen molar-refractivity contribution in [3.05, 3.63) is 54.1 Å². The molecule has 0 radical (unpaired) electrons. The molecule has 1 aromatic carbocycles. The molecule has 2 rings (SSSR count). The molecule has 0 aliphatic heterocycles. The Morgan fingerprint density at radius 2 is 1.94 bits per heavy atom. The van der Waals surface area contributed by atoms with Crippen molar-refractivity contribution in [2.24, 2.45) is 0 Å². The normalized spacial score (nSPS) is 13.6. The largest absolute Gasteiger partial charge is 0.481 e. The highest BCUT2D eigenvalue weighted by atomic mass is 32.2. The minimum Gasteiger partial charge on any atom is -0.481 e. The maximum atomic E-state index is 11.0. The number of carboxylic acid groups (broad SMARTS) is 1. The highest BCUT2D eigenvalue weighted by molar-refractivity contribution is 8.00. The third-order valence-corrected chi connectivity index (χ3v) is 6.55. The van der Waals surface area contributed by atoms with E-state index in [1.807, 2.05) is 42.5 Å². The van der Waals surface area contributed by atoms with E-state index >= 15 is 0 Å². The van der Waals surface area contributed by atoms with Gasteiger partial charge in [-0.2, -0.15) is 11.8 Å². The number of tetrazole rings is 1. The van der Waals surface area contributed by atoms with Crippen LogP contribution in [0.5, 0.6) is 0 Å². The Balaban J connectivity index is 1.91. The maximum absolute atomic E-state index is 11.0. The van der Waals surface area contributed by atoms with E-state index in [2.05, 4.69) is 33.6 Å². The molecule has 0 saturated carbocycles. The van der Waals surface area contributed by atoms with Crippen LogP contribution in [0.1, 0.15) is 76.4 Å². The van der Waals surface area contributed by atoms with E-state index in [4.69, 9.17) is 5.11 Å². The lowest BCUT2D eigenvalue weighted by Crippen LogP contribution is -2.14. The van der Waals surface area contributed by atoms with E-state index in [0.717, 1.165) is 17.5 Å². The Labute approximate surface area is 200 Å². The SMILES string of the molecule is CCCCCCCCC/C=C/C=C/[C@H](SCCC(=O)O)[C@H](O)c1cccc(-c2nnn[nH]2)c1. The molecular weight excluding hydrogens is 436 g/mol. The molecule has 1 heterocycles. The van der Waals surface area contributed by atoms with Crippen LogP contribution >= 0.6 is 11.8 Å². The topological polar surface area (TPSA) is 112 Å². The highest BCUT2D eigenvalue weighted by Crippen LogP contribution is 2.30. The standard InChI is InChI=1S/C25H36N4O3S/c1-2-3-4-5-6-7-8-9-10-11-12-16-22(33-18-17-23(30)31)24(32)20-14-13-15-21(19-20)25-26-28-29-27-25/h10-16,19,22,24,32H,2-9,17-18H2,1H3,(H,30,31)(H,26,27,28,29)/b11-10+,16-12+/t22-,24+/m0/s1. The fourth-order valence-corrected chi connectivity index (χ4v) is 4.55. The number of hydrogen-bond acceptors (Lipinski definition) is 6. The number of thioether (sulfide) groups is 1. The smallest absolute Gasteiger partial charge is 0.304 e. The van der Waals surface area contributed by atoms with Gasteiger partial charge in [-0.15, -0.1) is 5.10 Å². The number of unbranched alkanes of at least 4 members (excludes halogenated alkanes) is 7. The molecule has 33 heavy (non-hydrogen) atoms. The number of nitrogens with one attached hydrogen (secondary N) is 1. The van der Waals surface area contributed by atoms with Crippen molar-refractivity contribution in [1.82, 2.24) is 20.6 Å². The number of aromatic nitrogens is 4. The van der Waals surface area contributed by atoms with Gasteiger partial charge in [0.2, 0.25) is 0 Å². The average Bonchev–Trinajstić information content (AvgIpc) is 3.36. The number of allylic oxidation sites excluding steroid dienone is 3. The van der Waals surface area contributed by atoms with Gasteiger partial charge in [-0.05, 0) is 34.9 Å². The lowest BCUT2D eigenvalue weighted by atomic mass is 10.0. The number of H-pyrrole nitrogens is 1. The summed E-state index contributed by atoms with van der Waals surface area (Å²) in [5, 5.41) is 33.6. The van der Waals surface area contributed by atoms with Gasteiger partial charge in [0.25, 0.3) is 0 Å². The van der Waals surface area contributed by atoms with Crippen LogP contribution in [0.4, 0.5) is 0 Å². The molecule has 0 fully saturated rings. The van der Waals surface area contributed by atoms with E-state index in [0.29, 0.717) is 11.6 Å². The molecule has 0 bridgehead atoms. The number of aliphatic hydroxyl groups excluding tert-OH is 1. The van der Waals surface area contributed by atoms with Crippen LogP contribution in [-0.4, -0.2) is 47.8 Å². The number of aliphatic hydroxyl groups is 1. The second kappa shape index (κ2) is 16.2. The summed E-state index contributed by atoms with van der Waals surface area (Å²) in [6.07, 6.45) is 17.5. The van der Waals surface area contributed by atoms with Gasteiger partial charge in [-0.1, -0.05) is 88.0 Å². The third kappa shape index (κ3) is 10.8. The summed E-state index contributed by atoms with van der Waals surface area (Å²) in [7, 11) is 0. The summed E-state index contributed by atoms with van der Waals surface area (Å²) in [6.45, 7) is 2.24. The maximum Gasteiger partial charge on any atom is 0.304 e. The number of carbonyl (C=O) groups is 1. The number of carboxylic acids is 1. The molecule has 2 atom stereocenters. The Hall–Kier alpha value is -2.45. The second-order valence-electron chi connectivity index (χ2n) is 8.02. The lowest BCUT2D eigenvalue weighted by molar-refractivity contribution is -0.136. The quantitative estimate of drug-likeness (QED) is 0.199. The molecule has 0 spiro atoms. The van der Waals surface area contributed by atoms with Crippen LogP contribution in [0.25, 0.3) is 11.4 Å². The molecule has 0 unspecified atom stereocenters. The number of benzene rings is 1. The Bertz CT molecular complexity index is 855. The van der Waals surface area contributed by atoms with Gasteiger partial charge in [0.05, 0.1) is 17.8 Å². The average molecular weight is 473 g/mol. The van der Waals surface area contributed by atoms with Crippen LogP contribution in [0.2, 0.25) is 0 Å². The van der Waals surface area contributed by atoms with Gasteiger partial charge in [-0.3, -0.25) is 4.79 Å². The molecule has 180 valence electrons. The van der Waals surface area contributed by atoms with Crippen molar-refractivity contribution < 1.29 is 15.0 Å². The van der Waals surface area contributed by atoms with Crippen LogP contribution in [0.15, 0.2) is 48.6 Å². The third-order valence-electron chi connectivity index (χ3n) is 5.31. The predicted molar refractivity (Wildman–Crippen MR) is 134 cm³/mol. The number of nitrogens with zero attached hydrogens (tertiary/aromatic N) is 3. The van der Waals surface area contributed by atoms with Crippen molar-refractivity contribution in [3.8, 4) is 11.4 Å². The first-order valence-corrected chi connectivity index (χ1v) is 12.9. The summed E-state index contributed by atoms with van der Waals surface area (Å²) >= 11 is 1.44. The monoisotopic (exact) mass is 472 g/mol. The van der Waals surface area contributed by atoms with E-state index in [1.165, 1.54) is 56.7 Å². The van der Waals surface area contributed by atoms with Gasteiger partial charge in [0.15, 0.2) is 5.82 Å². The van der Waals surface area contributed by atoms with Crippen molar-refractivity contribution in [1.29, 1.82) is 0 Å². The fraction of sp³-hybridized carbons (Fsp3) is 0.520. The van der Waals surface area contributed by atoms with Gasteiger partial charge in [0, 0.05) is 11.3 Å². The first-order chi connectivity index (χ1) is 16.1. The Kier molecular flexibility index (Phi) is 13.2. The first kappa shape index (κ1) is 26.8. The molecule has 7 nitrogen and oxygen atoms in total. The number of aromatic amines is 1. The molecule has 1 aromatic heterocycles. The molecule has 3 N–H and O–H groups in total. The number of hydrogen-bond donors (Lipinski definition) is 3.